The van der Waals surface area contributed by atoms with Crippen LogP contribution in [0, 0.1) is 20.8 Å². The van der Waals surface area contributed by atoms with E-state index in [-0.39, 0.29) is 23.8 Å². The van der Waals surface area contributed by atoms with Gasteiger partial charge in [0.1, 0.15) is 11.2 Å². The standard InChI is InChI=1S/C23H21N7O2S/c1-13-6-4-8-18(15(13)3)29-21-17(12-24-29)22(32)27-23(26-21)30-19(10-14(2)28-30)25-20(31)11-16-7-5-9-33-16/h4-10,12H,11H2,1-3H3,(H,25,31)(H,26,27,32). The number of aromatic nitrogens is 6. The van der Waals surface area contributed by atoms with Gasteiger partial charge in [0, 0.05) is 10.9 Å². The van der Waals surface area contributed by atoms with Crippen LogP contribution in [0.2, 0.25) is 0 Å². The molecule has 4 heterocycles. The highest BCUT2D eigenvalue weighted by atomic mass is 32.1. The molecule has 0 spiro atoms. The minimum Gasteiger partial charge on any atom is -0.310 e. The number of carbonyl (C=O) groups is 1. The highest BCUT2D eigenvalue weighted by Gasteiger charge is 2.18. The minimum absolute atomic E-state index is 0.178. The van der Waals surface area contributed by atoms with Crippen molar-refractivity contribution in [3.05, 3.63) is 80.0 Å². The number of rotatable bonds is 5. The molecule has 2 N–H and O–H groups in total. The number of aromatic amines is 1. The Morgan fingerprint density at radius 1 is 1.15 bits per heavy atom. The summed E-state index contributed by atoms with van der Waals surface area (Å²) >= 11 is 1.52. The molecule has 9 nitrogen and oxygen atoms in total. The first-order chi connectivity index (χ1) is 15.9. The number of nitrogens with one attached hydrogen (secondary N) is 2. The fourth-order valence-electron chi connectivity index (χ4n) is 3.66. The van der Waals surface area contributed by atoms with E-state index >= 15 is 0 Å². The Balaban J connectivity index is 1.58. The first-order valence-electron chi connectivity index (χ1n) is 10.3. The van der Waals surface area contributed by atoms with Gasteiger partial charge in [0.2, 0.25) is 11.9 Å². The van der Waals surface area contributed by atoms with Crippen molar-refractivity contribution in [1.29, 1.82) is 0 Å². The fourth-order valence-corrected chi connectivity index (χ4v) is 4.36. The molecule has 166 valence electrons. The Bertz CT molecular complexity index is 1540. The van der Waals surface area contributed by atoms with Crippen molar-refractivity contribution < 1.29 is 4.79 Å². The highest BCUT2D eigenvalue weighted by molar-refractivity contribution is 7.10. The molecule has 5 aromatic rings. The number of hydrogen-bond acceptors (Lipinski definition) is 6. The summed E-state index contributed by atoms with van der Waals surface area (Å²) in [5, 5.41) is 14.0. The van der Waals surface area contributed by atoms with Crippen LogP contribution in [0.25, 0.3) is 22.7 Å². The van der Waals surface area contributed by atoms with Crippen LogP contribution < -0.4 is 10.9 Å². The second-order valence-electron chi connectivity index (χ2n) is 7.79. The van der Waals surface area contributed by atoms with Crippen molar-refractivity contribution in [3.63, 3.8) is 0 Å². The molecule has 0 fully saturated rings. The molecule has 0 bridgehead atoms. The zero-order valence-corrected chi connectivity index (χ0v) is 19.1. The predicted molar refractivity (Wildman–Crippen MR) is 127 cm³/mol. The van der Waals surface area contributed by atoms with E-state index in [1.165, 1.54) is 22.2 Å². The molecule has 33 heavy (non-hydrogen) atoms. The molecule has 5 rings (SSSR count). The van der Waals surface area contributed by atoms with E-state index in [2.05, 4.69) is 25.5 Å². The molecule has 0 saturated carbocycles. The largest absolute Gasteiger partial charge is 0.310 e. The van der Waals surface area contributed by atoms with Gasteiger partial charge in [0.15, 0.2) is 5.65 Å². The van der Waals surface area contributed by atoms with E-state index in [0.29, 0.717) is 22.5 Å². The monoisotopic (exact) mass is 459 g/mol. The van der Waals surface area contributed by atoms with Gasteiger partial charge in [-0.25, -0.2) is 4.68 Å². The first kappa shape index (κ1) is 20.8. The normalized spacial score (nSPS) is 11.2. The molecule has 1 aromatic carbocycles. The quantitative estimate of drug-likeness (QED) is 0.418. The number of nitrogens with zero attached hydrogens (tertiary/aromatic N) is 5. The molecule has 0 unspecified atom stereocenters. The van der Waals surface area contributed by atoms with Gasteiger partial charge in [-0.15, -0.1) is 11.3 Å². The summed E-state index contributed by atoms with van der Waals surface area (Å²) in [4.78, 5) is 33.8. The van der Waals surface area contributed by atoms with Crippen molar-refractivity contribution >= 4 is 34.1 Å². The molecule has 0 aliphatic heterocycles. The maximum atomic E-state index is 12.8. The van der Waals surface area contributed by atoms with Crippen LogP contribution in [0.5, 0.6) is 0 Å². The van der Waals surface area contributed by atoms with Gasteiger partial charge in [-0.2, -0.15) is 19.9 Å². The number of anilines is 1. The minimum atomic E-state index is -0.337. The van der Waals surface area contributed by atoms with Crippen molar-refractivity contribution in [3.8, 4) is 11.6 Å². The molecular weight excluding hydrogens is 438 g/mol. The maximum absolute atomic E-state index is 12.8. The Hall–Kier alpha value is -4.05. The first-order valence-corrected chi connectivity index (χ1v) is 11.2. The van der Waals surface area contributed by atoms with E-state index in [0.717, 1.165) is 21.7 Å². The van der Waals surface area contributed by atoms with Gasteiger partial charge in [0.05, 0.1) is 24.0 Å². The van der Waals surface area contributed by atoms with Crippen molar-refractivity contribution in [2.24, 2.45) is 0 Å². The Morgan fingerprint density at radius 2 is 2.00 bits per heavy atom. The third-order valence-electron chi connectivity index (χ3n) is 5.44. The summed E-state index contributed by atoms with van der Waals surface area (Å²) in [6, 6.07) is 11.5. The molecule has 4 aromatic heterocycles. The number of H-pyrrole nitrogens is 1. The van der Waals surface area contributed by atoms with Crippen LogP contribution in [0.1, 0.15) is 21.7 Å². The van der Waals surface area contributed by atoms with Crippen LogP contribution in [0.3, 0.4) is 0 Å². The molecule has 10 heteroatoms. The van der Waals surface area contributed by atoms with Gasteiger partial charge >= 0.3 is 0 Å². The second kappa shape index (κ2) is 8.14. The van der Waals surface area contributed by atoms with E-state index in [4.69, 9.17) is 0 Å². The lowest BCUT2D eigenvalue weighted by Gasteiger charge is -2.10. The number of aryl methyl sites for hydroxylation is 2. The molecule has 0 aliphatic carbocycles. The number of hydrogen-bond donors (Lipinski definition) is 2. The molecule has 0 radical (unpaired) electrons. The van der Waals surface area contributed by atoms with Gasteiger partial charge in [-0.1, -0.05) is 18.2 Å². The number of fused-ring (bicyclic) bond motifs is 1. The fraction of sp³-hybridized carbons (Fsp3) is 0.174. The Labute approximate surface area is 192 Å². The van der Waals surface area contributed by atoms with E-state index in [1.54, 1.807) is 10.7 Å². The zero-order chi connectivity index (χ0) is 23.1. The van der Waals surface area contributed by atoms with Gasteiger partial charge < -0.3 is 5.32 Å². The second-order valence-corrected chi connectivity index (χ2v) is 8.82. The zero-order valence-electron chi connectivity index (χ0n) is 18.3. The van der Waals surface area contributed by atoms with Crippen LogP contribution >= 0.6 is 11.3 Å². The number of benzene rings is 1. The number of amides is 1. The smallest absolute Gasteiger partial charge is 0.263 e. The average molecular weight is 460 g/mol. The summed E-state index contributed by atoms with van der Waals surface area (Å²) in [6.07, 6.45) is 1.76. The van der Waals surface area contributed by atoms with Crippen molar-refractivity contribution in [2.75, 3.05) is 5.32 Å². The predicted octanol–water partition coefficient (Wildman–Crippen LogP) is 3.46. The molecule has 0 aliphatic rings. The van der Waals surface area contributed by atoms with Gasteiger partial charge in [0.25, 0.3) is 5.56 Å². The number of carbonyl (C=O) groups excluding carboxylic acids is 1. The molecule has 0 atom stereocenters. The van der Waals surface area contributed by atoms with E-state index in [9.17, 15) is 9.59 Å². The average Bonchev–Trinajstić information content (AvgIpc) is 3.51. The highest BCUT2D eigenvalue weighted by Crippen LogP contribution is 2.22. The lowest BCUT2D eigenvalue weighted by molar-refractivity contribution is -0.115. The van der Waals surface area contributed by atoms with Crippen molar-refractivity contribution in [1.82, 2.24) is 29.5 Å². The summed E-state index contributed by atoms with van der Waals surface area (Å²) in [7, 11) is 0. The number of thiophene rings is 1. The third-order valence-corrected chi connectivity index (χ3v) is 6.32. The molecular formula is C23H21N7O2S. The van der Waals surface area contributed by atoms with E-state index < -0.39 is 0 Å². The Morgan fingerprint density at radius 3 is 2.79 bits per heavy atom. The van der Waals surface area contributed by atoms with Gasteiger partial charge in [-0.05, 0) is 49.4 Å². The lowest BCUT2D eigenvalue weighted by Crippen LogP contribution is -2.20. The topological polar surface area (TPSA) is 110 Å². The van der Waals surface area contributed by atoms with E-state index in [1.807, 2.05) is 56.5 Å². The van der Waals surface area contributed by atoms with Gasteiger partial charge in [-0.3, -0.25) is 14.6 Å². The third kappa shape index (κ3) is 3.85. The van der Waals surface area contributed by atoms with Crippen molar-refractivity contribution in [2.45, 2.75) is 27.2 Å². The van der Waals surface area contributed by atoms with Crippen LogP contribution in [-0.4, -0.2) is 35.4 Å². The maximum Gasteiger partial charge on any atom is 0.263 e. The molecule has 1 amide bonds. The SMILES string of the molecule is Cc1cc(NC(=O)Cc2cccs2)n(-c2nc3c(cnn3-c3cccc(C)c3C)c(=O)[nH]2)n1. The van der Waals surface area contributed by atoms with Crippen LogP contribution in [-0.2, 0) is 11.2 Å². The summed E-state index contributed by atoms with van der Waals surface area (Å²) in [6.45, 7) is 5.83. The molecule has 0 saturated heterocycles. The van der Waals surface area contributed by atoms with Crippen LogP contribution in [0.4, 0.5) is 5.82 Å². The summed E-state index contributed by atoms with van der Waals surface area (Å²) in [5.41, 5.74) is 3.74. The summed E-state index contributed by atoms with van der Waals surface area (Å²) in [5.74, 6) is 0.441. The van der Waals surface area contributed by atoms with Crippen LogP contribution in [0.15, 0.2) is 52.8 Å². The summed E-state index contributed by atoms with van der Waals surface area (Å²) < 4.78 is 3.09. The Kier molecular flexibility index (Phi) is 5.14. The lowest BCUT2D eigenvalue weighted by atomic mass is 10.1.